The number of piperidine rings is 3. The van der Waals surface area contributed by atoms with Crippen LogP contribution in [0.5, 0.6) is 0 Å². The summed E-state index contributed by atoms with van der Waals surface area (Å²) in [6.07, 6.45) is 8.80. The van der Waals surface area contributed by atoms with Crippen molar-refractivity contribution in [3.8, 4) is 0 Å². The minimum atomic E-state index is 0.134. The first-order valence-electron chi connectivity index (χ1n) is 10.5. The van der Waals surface area contributed by atoms with Gasteiger partial charge in [-0.1, -0.05) is 6.42 Å². The van der Waals surface area contributed by atoms with E-state index in [1.807, 2.05) is 24.3 Å². The van der Waals surface area contributed by atoms with Crippen LogP contribution in [-0.4, -0.2) is 55.4 Å². The quantitative estimate of drug-likeness (QED) is 0.829. The van der Waals surface area contributed by atoms with Crippen LogP contribution in [0.25, 0.3) is 0 Å². The topological polar surface area (TPSA) is 52.7 Å². The fraction of sp³-hybridized carbons (Fsp3) is 0.636. The van der Waals surface area contributed by atoms with Gasteiger partial charge in [-0.3, -0.25) is 9.59 Å². The normalized spacial score (nSPS) is 29.4. The summed E-state index contributed by atoms with van der Waals surface area (Å²) in [5.41, 5.74) is 1.85. The van der Waals surface area contributed by atoms with E-state index in [0.717, 1.165) is 50.7 Å². The third-order valence-corrected chi connectivity index (χ3v) is 6.95. The summed E-state index contributed by atoms with van der Waals surface area (Å²) in [7, 11) is 2.25. The number of nitrogens with zero attached hydrogens (tertiary/aromatic N) is 2. The molecule has 0 spiro atoms. The average molecular weight is 370 g/mol. The fourth-order valence-corrected chi connectivity index (χ4v) is 5.22. The van der Waals surface area contributed by atoms with Crippen LogP contribution in [0.4, 0.5) is 5.69 Å². The number of anilines is 1. The molecule has 3 aliphatic rings. The molecule has 3 saturated heterocycles. The third kappa shape index (κ3) is 4.03. The molecule has 5 heteroatoms. The van der Waals surface area contributed by atoms with Crippen molar-refractivity contribution in [2.24, 2.45) is 5.92 Å². The smallest absolute Gasteiger partial charge is 0.223 e. The largest absolute Gasteiger partial charge is 0.371 e. The molecule has 1 aromatic carbocycles. The average Bonchev–Trinajstić information content (AvgIpc) is 2.69. The zero-order chi connectivity index (χ0) is 18.8. The van der Waals surface area contributed by atoms with Gasteiger partial charge in [0.15, 0.2) is 0 Å². The predicted molar refractivity (Wildman–Crippen MR) is 107 cm³/mol. The molecule has 0 saturated carbocycles. The summed E-state index contributed by atoms with van der Waals surface area (Å²) in [4.78, 5) is 28.5. The Morgan fingerprint density at radius 3 is 2.26 bits per heavy atom. The van der Waals surface area contributed by atoms with Gasteiger partial charge in [0.1, 0.15) is 6.29 Å². The van der Waals surface area contributed by atoms with Gasteiger partial charge in [0.25, 0.3) is 0 Å². The van der Waals surface area contributed by atoms with Gasteiger partial charge in [0, 0.05) is 48.4 Å². The van der Waals surface area contributed by atoms with Gasteiger partial charge in [-0.25, -0.2) is 0 Å². The Kier molecular flexibility index (Phi) is 5.48. The number of hydrogen-bond acceptors (Lipinski definition) is 4. The summed E-state index contributed by atoms with van der Waals surface area (Å²) >= 11 is 0. The first-order valence-corrected chi connectivity index (χ1v) is 10.5. The highest BCUT2D eigenvalue weighted by Gasteiger charge is 2.37. The lowest BCUT2D eigenvalue weighted by Gasteiger charge is -2.47. The Balaban J connectivity index is 1.28. The van der Waals surface area contributed by atoms with Crippen LogP contribution in [0.1, 0.15) is 55.3 Å². The van der Waals surface area contributed by atoms with Gasteiger partial charge >= 0.3 is 0 Å². The minimum Gasteiger partial charge on any atom is -0.371 e. The standard InChI is InChI=1S/C22H31N3O2/c1-24-20-3-2-4-21(24)14-18(13-20)23-22(27)17-9-11-25(12-10-17)19-7-5-16(15-26)6-8-19/h5-8,15,17-18,20-21H,2-4,9-14H2,1H3,(H,23,27)/t18?,20-,21+. The van der Waals surface area contributed by atoms with Crippen LogP contribution >= 0.6 is 0 Å². The van der Waals surface area contributed by atoms with Crippen LogP contribution in [0.3, 0.4) is 0 Å². The summed E-state index contributed by atoms with van der Waals surface area (Å²) in [6, 6.07) is 9.38. The molecule has 1 unspecified atom stereocenters. The van der Waals surface area contributed by atoms with Crippen molar-refractivity contribution in [2.75, 3.05) is 25.0 Å². The van der Waals surface area contributed by atoms with Crippen LogP contribution in [0.2, 0.25) is 0 Å². The first kappa shape index (κ1) is 18.5. The van der Waals surface area contributed by atoms with Crippen molar-refractivity contribution in [1.29, 1.82) is 0 Å². The molecule has 4 rings (SSSR count). The lowest BCUT2D eigenvalue weighted by molar-refractivity contribution is -0.127. The predicted octanol–water partition coefficient (Wildman–Crippen LogP) is 2.85. The van der Waals surface area contributed by atoms with Crippen LogP contribution in [0.15, 0.2) is 24.3 Å². The molecule has 1 amide bonds. The van der Waals surface area contributed by atoms with E-state index in [0.29, 0.717) is 23.7 Å². The van der Waals surface area contributed by atoms with Crippen LogP contribution in [0, 0.1) is 5.92 Å². The number of carbonyl (C=O) groups excluding carboxylic acids is 2. The number of hydrogen-bond donors (Lipinski definition) is 1. The maximum absolute atomic E-state index is 12.8. The van der Waals surface area contributed by atoms with Crippen LogP contribution in [-0.2, 0) is 4.79 Å². The number of carbonyl (C=O) groups is 2. The zero-order valence-corrected chi connectivity index (χ0v) is 16.3. The van der Waals surface area contributed by atoms with Gasteiger partial charge in [-0.2, -0.15) is 0 Å². The number of rotatable bonds is 4. The van der Waals surface area contributed by atoms with Crippen molar-refractivity contribution in [3.63, 3.8) is 0 Å². The summed E-state index contributed by atoms with van der Waals surface area (Å²) < 4.78 is 0. The van der Waals surface area contributed by atoms with E-state index >= 15 is 0 Å². The molecule has 1 N–H and O–H groups in total. The van der Waals surface area contributed by atoms with Crippen molar-refractivity contribution in [3.05, 3.63) is 29.8 Å². The molecule has 27 heavy (non-hydrogen) atoms. The highest BCUT2D eigenvalue weighted by atomic mass is 16.2. The SMILES string of the molecule is CN1[C@@H]2CCC[C@H]1CC(NC(=O)C1CCN(c3ccc(C=O)cc3)CC1)C2. The van der Waals surface area contributed by atoms with E-state index in [9.17, 15) is 9.59 Å². The maximum Gasteiger partial charge on any atom is 0.223 e. The molecule has 0 aromatic heterocycles. The van der Waals surface area contributed by atoms with Gasteiger partial charge in [0.2, 0.25) is 5.91 Å². The highest BCUT2D eigenvalue weighted by molar-refractivity contribution is 5.79. The number of nitrogens with one attached hydrogen (secondary N) is 1. The summed E-state index contributed by atoms with van der Waals surface area (Å²) in [6.45, 7) is 1.80. The lowest BCUT2D eigenvalue weighted by atomic mass is 9.82. The molecule has 146 valence electrons. The van der Waals surface area contributed by atoms with Crippen molar-refractivity contribution >= 4 is 17.9 Å². The minimum absolute atomic E-state index is 0.134. The zero-order valence-electron chi connectivity index (χ0n) is 16.3. The van der Waals surface area contributed by atoms with E-state index in [-0.39, 0.29) is 11.8 Å². The third-order valence-electron chi connectivity index (χ3n) is 6.95. The van der Waals surface area contributed by atoms with E-state index < -0.39 is 0 Å². The fourth-order valence-electron chi connectivity index (χ4n) is 5.22. The lowest BCUT2D eigenvalue weighted by Crippen LogP contribution is -2.56. The molecule has 3 fully saturated rings. The second kappa shape index (κ2) is 8.01. The number of benzene rings is 1. The molecular formula is C22H31N3O2. The molecular weight excluding hydrogens is 338 g/mol. The van der Waals surface area contributed by atoms with Crippen LogP contribution < -0.4 is 10.2 Å². The molecule has 5 nitrogen and oxygen atoms in total. The van der Waals surface area contributed by atoms with Gasteiger partial charge < -0.3 is 15.1 Å². The highest BCUT2D eigenvalue weighted by Crippen LogP contribution is 2.33. The summed E-state index contributed by atoms with van der Waals surface area (Å²) in [5.74, 6) is 0.397. The van der Waals surface area contributed by atoms with Gasteiger partial charge in [-0.05, 0) is 69.8 Å². The van der Waals surface area contributed by atoms with E-state index in [4.69, 9.17) is 0 Å². The maximum atomic E-state index is 12.8. The second-order valence-corrected chi connectivity index (χ2v) is 8.55. The Labute approximate surface area is 162 Å². The molecule has 0 aliphatic carbocycles. The number of aldehydes is 1. The van der Waals surface area contributed by atoms with Gasteiger partial charge in [-0.15, -0.1) is 0 Å². The molecule has 3 heterocycles. The van der Waals surface area contributed by atoms with E-state index in [1.165, 1.54) is 19.3 Å². The van der Waals surface area contributed by atoms with Crippen molar-refractivity contribution in [2.45, 2.75) is 63.1 Å². The first-order chi connectivity index (χ1) is 13.1. The monoisotopic (exact) mass is 369 g/mol. The van der Waals surface area contributed by atoms with E-state index in [2.05, 4.69) is 22.2 Å². The Morgan fingerprint density at radius 2 is 1.67 bits per heavy atom. The number of amides is 1. The molecule has 1 aromatic rings. The Morgan fingerprint density at radius 1 is 1.04 bits per heavy atom. The molecule has 3 aliphatic heterocycles. The molecule has 3 atom stereocenters. The van der Waals surface area contributed by atoms with Crippen molar-refractivity contribution in [1.82, 2.24) is 10.2 Å². The molecule has 0 radical (unpaired) electrons. The summed E-state index contributed by atoms with van der Waals surface area (Å²) in [5, 5.41) is 3.38. The second-order valence-electron chi connectivity index (χ2n) is 8.55. The number of fused-ring (bicyclic) bond motifs is 2. The Hall–Kier alpha value is -1.88. The van der Waals surface area contributed by atoms with Crippen molar-refractivity contribution < 1.29 is 9.59 Å². The van der Waals surface area contributed by atoms with Gasteiger partial charge in [0.05, 0.1) is 0 Å². The Bertz CT molecular complexity index is 653. The molecule has 2 bridgehead atoms. The van der Waals surface area contributed by atoms with E-state index in [1.54, 1.807) is 0 Å².